The van der Waals surface area contributed by atoms with E-state index in [4.69, 9.17) is 11.6 Å². The molecule has 0 atom stereocenters. The van der Waals surface area contributed by atoms with Crippen LogP contribution in [0.4, 0.5) is 4.39 Å². The van der Waals surface area contributed by atoms with Crippen LogP contribution in [0.2, 0.25) is 0 Å². The minimum Gasteiger partial charge on any atom is -0.280 e. The first-order valence-electron chi connectivity index (χ1n) is 5.44. The molecule has 0 aliphatic rings. The summed E-state index contributed by atoms with van der Waals surface area (Å²) in [6, 6.07) is 9.95. The molecule has 3 nitrogen and oxygen atoms in total. The molecule has 0 saturated carbocycles. The Labute approximate surface area is 108 Å². The summed E-state index contributed by atoms with van der Waals surface area (Å²) in [5, 5.41) is 0. The first-order chi connectivity index (χ1) is 8.79. The Morgan fingerprint density at radius 2 is 2.11 bits per heavy atom. The zero-order valence-corrected chi connectivity index (χ0v) is 10.1. The summed E-state index contributed by atoms with van der Waals surface area (Å²) in [5.41, 5.74) is 2.10. The Morgan fingerprint density at radius 1 is 1.22 bits per heavy atom. The molecule has 0 amide bonds. The third kappa shape index (κ3) is 1.75. The van der Waals surface area contributed by atoms with Crippen LogP contribution in [0.3, 0.4) is 0 Å². The van der Waals surface area contributed by atoms with E-state index >= 15 is 0 Å². The second kappa shape index (κ2) is 4.38. The van der Waals surface area contributed by atoms with Crippen molar-refractivity contribution in [1.29, 1.82) is 0 Å². The maximum atomic E-state index is 13.3. The highest BCUT2D eigenvalue weighted by Crippen LogP contribution is 2.21. The lowest BCUT2D eigenvalue weighted by atomic mass is 10.3. The Bertz CT molecular complexity index is 708. The average molecular weight is 262 g/mol. The van der Waals surface area contributed by atoms with Gasteiger partial charge >= 0.3 is 0 Å². The van der Waals surface area contributed by atoms with Gasteiger partial charge in [0.05, 0.1) is 11.6 Å². The van der Waals surface area contributed by atoms with Gasteiger partial charge in [0.1, 0.15) is 17.2 Å². The number of rotatable bonds is 2. The van der Waals surface area contributed by atoms with Crippen molar-refractivity contribution >= 4 is 22.8 Å². The average Bonchev–Trinajstić information content (AvgIpc) is 2.77. The van der Waals surface area contributed by atoms with Gasteiger partial charge in [0.25, 0.3) is 0 Å². The quantitative estimate of drug-likeness (QED) is 0.663. The van der Waals surface area contributed by atoms with Crippen molar-refractivity contribution in [3.63, 3.8) is 0 Å². The number of alkyl halides is 1. The summed E-state index contributed by atoms with van der Waals surface area (Å²) in [5.74, 6) is 0.592. The van der Waals surface area contributed by atoms with Gasteiger partial charge < -0.3 is 0 Å². The number of pyridine rings is 1. The highest BCUT2D eigenvalue weighted by Gasteiger charge is 2.12. The molecule has 2 aromatic heterocycles. The summed E-state index contributed by atoms with van der Waals surface area (Å²) in [7, 11) is 0. The fraction of sp³-hybridized carbons (Fsp3) is 0.0769. The number of nitrogens with zero attached hydrogens (tertiary/aromatic N) is 3. The van der Waals surface area contributed by atoms with Gasteiger partial charge in [-0.25, -0.2) is 14.4 Å². The molecule has 0 unspecified atom stereocenters. The summed E-state index contributed by atoms with van der Waals surface area (Å²) in [6.07, 6.45) is 1.68. The standard InChI is InChI=1S/C13H9ClFN3/c14-8-12-17-11-5-2-6-16-13(11)18(12)10-4-1-3-9(15)7-10/h1-7H,8H2. The molecule has 0 aliphatic heterocycles. The molecule has 0 fully saturated rings. The monoisotopic (exact) mass is 261 g/mol. The van der Waals surface area contributed by atoms with Crippen LogP contribution in [0.15, 0.2) is 42.6 Å². The molecular weight excluding hydrogens is 253 g/mol. The van der Waals surface area contributed by atoms with E-state index in [1.54, 1.807) is 22.9 Å². The molecule has 1 aromatic carbocycles. The lowest BCUT2D eigenvalue weighted by Gasteiger charge is -2.06. The van der Waals surface area contributed by atoms with E-state index < -0.39 is 0 Å². The Kier molecular flexibility index (Phi) is 2.72. The van der Waals surface area contributed by atoms with Gasteiger partial charge in [-0.1, -0.05) is 6.07 Å². The van der Waals surface area contributed by atoms with Crippen molar-refractivity contribution in [3.8, 4) is 5.69 Å². The van der Waals surface area contributed by atoms with Crippen LogP contribution in [0, 0.1) is 5.82 Å². The van der Waals surface area contributed by atoms with E-state index in [0.29, 0.717) is 17.2 Å². The number of fused-ring (bicyclic) bond motifs is 1. The number of hydrogen-bond acceptors (Lipinski definition) is 2. The lowest BCUT2D eigenvalue weighted by molar-refractivity contribution is 0.626. The van der Waals surface area contributed by atoms with Crippen LogP contribution in [-0.4, -0.2) is 14.5 Å². The predicted molar refractivity (Wildman–Crippen MR) is 68.4 cm³/mol. The zero-order chi connectivity index (χ0) is 12.5. The second-order valence-corrected chi connectivity index (χ2v) is 4.09. The first-order valence-corrected chi connectivity index (χ1v) is 5.97. The summed E-state index contributed by atoms with van der Waals surface area (Å²) >= 11 is 5.89. The second-order valence-electron chi connectivity index (χ2n) is 3.82. The number of imidazole rings is 1. The van der Waals surface area contributed by atoms with Gasteiger partial charge in [-0.15, -0.1) is 11.6 Å². The van der Waals surface area contributed by atoms with Crippen LogP contribution >= 0.6 is 11.6 Å². The molecule has 3 aromatic rings. The maximum absolute atomic E-state index is 13.3. The zero-order valence-electron chi connectivity index (χ0n) is 9.35. The normalized spacial score (nSPS) is 11.0. The van der Waals surface area contributed by atoms with E-state index in [1.807, 2.05) is 12.1 Å². The third-order valence-corrected chi connectivity index (χ3v) is 2.91. The number of aromatic nitrogens is 3. The minimum atomic E-state index is -0.300. The molecule has 90 valence electrons. The van der Waals surface area contributed by atoms with E-state index in [9.17, 15) is 4.39 Å². The molecule has 0 saturated heterocycles. The summed E-state index contributed by atoms with van der Waals surface area (Å²) in [4.78, 5) is 8.66. The van der Waals surface area contributed by atoms with E-state index in [-0.39, 0.29) is 11.7 Å². The topological polar surface area (TPSA) is 30.7 Å². The molecule has 0 N–H and O–H groups in total. The van der Waals surface area contributed by atoms with Crippen molar-refractivity contribution in [2.75, 3.05) is 0 Å². The van der Waals surface area contributed by atoms with Gasteiger partial charge in [0.2, 0.25) is 0 Å². The fourth-order valence-corrected chi connectivity index (χ4v) is 2.11. The number of halogens is 2. The Morgan fingerprint density at radius 3 is 2.89 bits per heavy atom. The van der Waals surface area contributed by atoms with Crippen LogP contribution in [0.25, 0.3) is 16.9 Å². The van der Waals surface area contributed by atoms with Crippen LogP contribution in [0.5, 0.6) is 0 Å². The molecule has 18 heavy (non-hydrogen) atoms. The van der Waals surface area contributed by atoms with Crippen LogP contribution in [0.1, 0.15) is 5.82 Å². The third-order valence-electron chi connectivity index (χ3n) is 2.67. The fourth-order valence-electron chi connectivity index (χ4n) is 1.94. The van der Waals surface area contributed by atoms with Gasteiger partial charge in [-0.2, -0.15) is 0 Å². The van der Waals surface area contributed by atoms with E-state index in [2.05, 4.69) is 9.97 Å². The molecule has 0 bridgehead atoms. The predicted octanol–water partition coefficient (Wildman–Crippen LogP) is 3.30. The van der Waals surface area contributed by atoms with Crippen LogP contribution < -0.4 is 0 Å². The van der Waals surface area contributed by atoms with Crippen molar-refractivity contribution in [1.82, 2.24) is 14.5 Å². The molecule has 0 spiro atoms. The molecule has 2 heterocycles. The van der Waals surface area contributed by atoms with Crippen molar-refractivity contribution < 1.29 is 4.39 Å². The molecule has 3 rings (SSSR count). The van der Waals surface area contributed by atoms with Crippen molar-refractivity contribution in [2.24, 2.45) is 0 Å². The molecular formula is C13H9ClFN3. The van der Waals surface area contributed by atoms with Crippen molar-refractivity contribution in [3.05, 3.63) is 54.2 Å². The highest BCUT2D eigenvalue weighted by molar-refractivity contribution is 6.16. The lowest BCUT2D eigenvalue weighted by Crippen LogP contribution is -2.00. The molecule has 0 aliphatic carbocycles. The van der Waals surface area contributed by atoms with Gasteiger partial charge in [0.15, 0.2) is 5.65 Å². The summed E-state index contributed by atoms with van der Waals surface area (Å²) < 4.78 is 15.1. The molecule has 0 radical (unpaired) electrons. The Balaban J connectivity index is 2.33. The first kappa shape index (κ1) is 11.2. The number of hydrogen-bond donors (Lipinski definition) is 0. The SMILES string of the molecule is Fc1cccc(-n2c(CCl)nc3cccnc32)c1. The van der Waals surface area contributed by atoms with Gasteiger partial charge in [-0.3, -0.25) is 4.57 Å². The van der Waals surface area contributed by atoms with E-state index in [1.165, 1.54) is 12.1 Å². The Hall–Kier alpha value is -1.94. The maximum Gasteiger partial charge on any atom is 0.164 e. The highest BCUT2D eigenvalue weighted by atomic mass is 35.5. The molecule has 5 heteroatoms. The van der Waals surface area contributed by atoms with Gasteiger partial charge in [-0.05, 0) is 30.3 Å². The largest absolute Gasteiger partial charge is 0.280 e. The van der Waals surface area contributed by atoms with Crippen LogP contribution in [-0.2, 0) is 5.88 Å². The number of benzene rings is 1. The summed E-state index contributed by atoms with van der Waals surface area (Å²) in [6.45, 7) is 0. The van der Waals surface area contributed by atoms with Gasteiger partial charge in [0, 0.05) is 6.20 Å². The van der Waals surface area contributed by atoms with E-state index in [0.717, 1.165) is 5.52 Å². The van der Waals surface area contributed by atoms with Crippen molar-refractivity contribution in [2.45, 2.75) is 5.88 Å². The smallest absolute Gasteiger partial charge is 0.164 e. The minimum absolute atomic E-state index is 0.243.